The molecular formula is C13H15IO5. The van der Waals surface area contributed by atoms with Crippen molar-refractivity contribution in [3.05, 3.63) is 27.8 Å². The molecule has 0 atom stereocenters. The average Bonchev–Trinajstić information content (AvgIpc) is 2.29. The third-order valence-electron chi connectivity index (χ3n) is 1.94. The summed E-state index contributed by atoms with van der Waals surface area (Å²) in [6, 6.07) is 3.23. The highest BCUT2D eigenvalue weighted by atomic mass is 127. The molecule has 0 aliphatic heterocycles. The van der Waals surface area contributed by atoms with Crippen LogP contribution in [0.5, 0.6) is 11.5 Å². The number of ether oxygens (including phenoxy) is 2. The highest BCUT2D eigenvalue weighted by Crippen LogP contribution is 2.34. The third kappa shape index (κ3) is 4.71. The van der Waals surface area contributed by atoms with Crippen LogP contribution >= 0.6 is 22.6 Å². The molecule has 0 bridgehead atoms. The van der Waals surface area contributed by atoms with Crippen LogP contribution in [0.25, 0.3) is 6.08 Å². The minimum atomic E-state index is -0.866. The number of hydrogen-bond acceptors (Lipinski definition) is 5. The lowest BCUT2D eigenvalue weighted by Crippen LogP contribution is -2.26. The van der Waals surface area contributed by atoms with Gasteiger partial charge >= 0.3 is 6.16 Å². The number of benzene rings is 1. The maximum Gasteiger partial charge on any atom is 0.514 e. The van der Waals surface area contributed by atoms with E-state index in [1.54, 1.807) is 32.9 Å². The van der Waals surface area contributed by atoms with Gasteiger partial charge in [-0.15, -0.1) is 0 Å². The fourth-order valence-electron chi connectivity index (χ4n) is 1.23. The van der Waals surface area contributed by atoms with Crippen molar-refractivity contribution in [2.45, 2.75) is 26.4 Å². The predicted octanol–water partition coefficient (Wildman–Crippen LogP) is 4.10. The van der Waals surface area contributed by atoms with E-state index in [1.165, 1.54) is 6.07 Å². The summed E-state index contributed by atoms with van der Waals surface area (Å²) in [6.45, 7) is 8.79. The van der Waals surface area contributed by atoms with Gasteiger partial charge in [0.05, 0.1) is 3.57 Å². The van der Waals surface area contributed by atoms with Crippen molar-refractivity contribution in [1.29, 1.82) is 0 Å². The predicted molar refractivity (Wildman–Crippen MR) is 79.4 cm³/mol. The monoisotopic (exact) mass is 378 g/mol. The smallest absolute Gasteiger partial charge is 0.428 e. The number of hydrogen-bond donors (Lipinski definition) is 1. The molecule has 1 N–H and O–H groups in total. The van der Waals surface area contributed by atoms with Gasteiger partial charge in [0.2, 0.25) is 5.75 Å². The van der Waals surface area contributed by atoms with Crippen molar-refractivity contribution in [2.24, 2.45) is 0 Å². The van der Waals surface area contributed by atoms with Crippen molar-refractivity contribution in [2.75, 3.05) is 0 Å². The van der Waals surface area contributed by atoms with Crippen LogP contribution in [-0.4, -0.2) is 17.0 Å². The Morgan fingerprint density at radius 2 is 2.05 bits per heavy atom. The van der Waals surface area contributed by atoms with E-state index in [2.05, 4.69) is 11.5 Å². The van der Waals surface area contributed by atoms with Gasteiger partial charge in [-0.25, -0.2) is 10.1 Å². The van der Waals surface area contributed by atoms with E-state index in [-0.39, 0.29) is 11.5 Å². The van der Waals surface area contributed by atoms with Gasteiger partial charge in [-0.3, -0.25) is 0 Å². The molecule has 0 spiro atoms. The van der Waals surface area contributed by atoms with E-state index in [0.717, 1.165) is 5.56 Å². The minimum Gasteiger partial charge on any atom is -0.428 e. The summed E-state index contributed by atoms with van der Waals surface area (Å²) in [7, 11) is 0. The molecule has 0 unspecified atom stereocenters. The molecule has 1 aromatic carbocycles. The normalized spacial score (nSPS) is 10.8. The Labute approximate surface area is 125 Å². The molecule has 0 saturated heterocycles. The van der Waals surface area contributed by atoms with Crippen LogP contribution in [0.2, 0.25) is 0 Å². The lowest BCUT2D eigenvalue weighted by molar-refractivity contribution is -0.139. The van der Waals surface area contributed by atoms with Crippen molar-refractivity contribution < 1.29 is 24.4 Å². The molecule has 0 heterocycles. The summed E-state index contributed by atoms with van der Waals surface area (Å²) >= 11 is 1.96. The summed E-state index contributed by atoms with van der Waals surface area (Å²) in [5.74, 6) is 0.121. The summed E-state index contributed by atoms with van der Waals surface area (Å²) in [4.78, 5) is 15.8. The highest BCUT2D eigenvalue weighted by Gasteiger charge is 2.21. The zero-order valence-electron chi connectivity index (χ0n) is 10.9. The van der Waals surface area contributed by atoms with Crippen molar-refractivity contribution in [1.82, 2.24) is 0 Å². The summed E-state index contributed by atoms with van der Waals surface area (Å²) in [6.07, 6.45) is 0.720. The molecule has 5 nitrogen and oxygen atoms in total. The molecule has 0 saturated carbocycles. The van der Waals surface area contributed by atoms with Gasteiger partial charge in [0.25, 0.3) is 0 Å². The lowest BCUT2D eigenvalue weighted by atomic mass is 10.2. The maximum absolute atomic E-state index is 11.6. The Balaban J connectivity index is 3.00. The Morgan fingerprint density at radius 1 is 1.42 bits per heavy atom. The number of halogens is 1. The zero-order chi connectivity index (χ0) is 14.6. The quantitative estimate of drug-likeness (QED) is 0.282. The van der Waals surface area contributed by atoms with E-state index in [0.29, 0.717) is 3.57 Å². The molecular weight excluding hydrogens is 363 g/mol. The molecule has 0 radical (unpaired) electrons. The molecule has 6 heteroatoms. The fourth-order valence-corrected chi connectivity index (χ4v) is 1.96. The molecule has 104 valence electrons. The number of carbonyl (C=O) groups excluding carboxylic acids is 1. The van der Waals surface area contributed by atoms with Crippen LogP contribution in [0, 0.1) is 3.57 Å². The van der Waals surface area contributed by atoms with Gasteiger partial charge in [-0.05, 0) is 61.1 Å². The van der Waals surface area contributed by atoms with Gasteiger partial charge in [-0.1, -0.05) is 12.7 Å². The molecule has 0 fully saturated rings. The van der Waals surface area contributed by atoms with Gasteiger partial charge in [0, 0.05) is 0 Å². The van der Waals surface area contributed by atoms with Gasteiger partial charge in [0.1, 0.15) is 5.60 Å². The molecule has 0 amide bonds. The van der Waals surface area contributed by atoms with Gasteiger partial charge < -0.3 is 14.4 Å². The SMILES string of the molecule is C=Cc1cc(I)c(OC(=O)OC(C)(C)C)c(OO)c1. The Hall–Kier alpha value is -1.28. The Morgan fingerprint density at radius 3 is 2.53 bits per heavy atom. The zero-order valence-corrected chi connectivity index (χ0v) is 13.1. The summed E-state index contributed by atoms with van der Waals surface area (Å²) < 4.78 is 10.7. The van der Waals surface area contributed by atoms with E-state index in [9.17, 15) is 4.79 Å². The second-order valence-corrected chi connectivity index (χ2v) is 5.85. The number of carbonyl (C=O) groups is 1. The van der Waals surface area contributed by atoms with Crippen molar-refractivity contribution >= 4 is 34.8 Å². The van der Waals surface area contributed by atoms with Crippen LogP contribution in [0.4, 0.5) is 4.79 Å². The van der Waals surface area contributed by atoms with E-state index >= 15 is 0 Å². The standard InChI is InChI=1S/C13H15IO5/c1-5-8-6-9(14)11(10(7-8)19-16)17-12(15)18-13(2,3)4/h5-7,16H,1H2,2-4H3. The third-order valence-corrected chi connectivity index (χ3v) is 2.74. The molecule has 0 aliphatic carbocycles. The van der Waals surface area contributed by atoms with E-state index in [1.807, 2.05) is 22.6 Å². The van der Waals surface area contributed by atoms with Crippen LogP contribution < -0.4 is 9.62 Å². The lowest BCUT2D eigenvalue weighted by Gasteiger charge is -2.19. The summed E-state index contributed by atoms with van der Waals surface area (Å²) in [5, 5.41) is 8.84. The fraction of sp³-hybridized carbons (Fsp3) is 0.308. The first kappa shape index (κ1) is 15.8. The second kappa shape index (κ2) is 6.25. The highest BCUT2D eigenvalue weighted by molar-refractivity contribution is 14.1. The van der Waals surface area contributed by atoms with Gasteiger partial charge in [-0.2, -0.15) is 0 Å². The van der Waals surface area contributed by atoms with Crippen molar-refractivity contribution in [3.8, 4) is 11.5 Å². The van der Waals surface area contributed by atoms with Crippen LogP contribution in [0.15, 0.2) is 18.7 Å². The largest absolute Gasteiger partial charge is 0.514 e. The Bertz CT molecular complexity index is 491. The summed E-state index contributed by atoms with van der Waals surface area (Å²) in [5.41, 5.74) is 0.0640. The minimum absolute atomic E-state index is 0.0210. The Kier molecular flexibility index (Phi) is 5.19. The van der Waals surface area contributed by atoms with Crippen LogP contribution in [0.1, 0.15) is 26.3 Å². The van der Waals surface area contributed by atoms with Gasteiger partial charge in [0.15, 0.2) is 5.75 Å². The first-order valence-electron chi connectivity index (χ1n) is 5.45. The molecule has 1 aromatic rings. The topological polar surface area (TPSA) is 65.0 Å². The molecule has 0 aliphatic rings. The molecule has 1 rings (SSSR count). The molecule has 19 heavy (non-hydrogen) atoms. The first-order chi connectivity index (χ1) is 8.76. The molecule has 0 aromatic heterocycles. The van der Waals surface area contributed by atoms with E-state index in [4.69, 9.17) is 14.7 Å². The first-order valence-corrected chi connectivity index (χ1v) is 6.53. The maximum atomic E-state index is 11.6. The van der Waals surface area contributed by atoms with E-state index < -0.39 is 11.8 Å². The van der Waals surface area contributed by atoms with Crippen molar-refractivity contribution in [3.63, 3.8) is 0 Å². The average molecular weight is 378 g/mol. The second-order valence-electron chi connectivity index (χ2n) is 4.69. The number of rotatable bonds is 3. The van der Waals surface area contributed by atoms with Crippen LogP contribution in [0.3, 0.4) is 0 Å². The van der Waals surface area contributed by atoms with Crippen LogP contribution in [-0.2, 0) is 4.74 Å².